The minimum atomic E-state index is -0.311. The summed E-state index contributed by atoms with van der Waals surface area (Å²) in [5.74, 6) is 0. The lowest BCUT2D eigenvalue weighted by molar-refractivity contribution is 0.536. The molecule has 86 valence electrons. The van der Waals surface area contributed by atoms with Gasteiger partial charge in [-0.25, -0.2) is 0 Å². The second kappa shape index (κ2) is 3.63. The van der Waals surface area contributed by atoms with E-state index < -0.39 is 0 Å². The van der Waals surface area contributed by atoms with Gasteiger partial charge in [-0.05, 0) is 38.3 Å². The Morgan fingerprint density at radius 3 is 2.56 bits per heavy atom. The summed E-state index contributed by atoms with van der Waals surface area (Å²) in [6.07, 6.45) is 1.04. The average molecular weight is 216 g/mol. The van der Waals surface area contributed by atoms with Crippen molar-refractivity contribution in [3.63, 3.8) is 0 Å². The van der Waals surface area contributed by atoms with Crippen molar-refractivity contribution in [2.75, 3.05) is 0 Å². The van der Waals surface area contributed by atoms with Gasteiger partial charge in [0.15, 0.2) is 0 Å². The zero-order chi connectivity index (χ0) is 11.9. The monoisotopic (exact) mass is 216 g/mol. The van der Waals surface area contributed by atoms with E-state index in [1.165, 1.54) is 22.0 Å². The van der Waals surface area contributed by atoms with Gasteiger partial charge in [-0.3, -0.25) is 0 Å². The number of aryl methyl sites for hydroxylation is 2. The van der Waals surface area contributed by atoms with Gasteiger partial charge in [-0.1, -0.05) is 25.1 Å². The van der Waals surface area contributed by atoms with Crippen molar-refractivity contribution in [1.82, 2.24) is 4.98 Å². The standard InChI is InChI=1S/C14H20N2/c1-5-10-7-6-8-11-9(2)13(14(3,4)15)16-12(10)11/h6-8,16H,5,15H2,1-4H3. The summed E-state index contributed by atoms with van der Waals surface area (Å²) in [7, 11) is 0. The molecular formula is C14H20N2. The lowest BCUT2D eigenvalue weighted by Crippen LogP contribution is -2.29. The lowest BCUT2D eigenvalue weighted by Gasteiger charge is -2.18. The minimum absolute atomic E-state index is 0.311. The van der Waals surface area contributed by atoms with Crippen LogP contribution >= 0.6 is 0 Å². The maximum Gasteiger partial charge on any atom is 0.0507 e. The van der Waals surface area contributed by atoms with Crippen LogP contribution in [0.5, 0.6) is 0 Å². The van der Waals surface area contributed by atoms with Crippen LogP contribution in [0.4, 0.5) is 0 Å². The summed E-state index contributed by atoms with van der Waals surface area (Å²) in [6.45, 7) is 8.40. The molecular weight excluding hydrogens is 196 g/mol. The minimum Gasteiger partial charge on any atom is -0.356 e. The van der Waals surface area contributed by atoms with E-state index in [4.69, 9.17) is 5.73 Å². The van der Waals surface area contributed by atoms with Crippen LogP contribution in [0.3, 0.4) is 0 Å². The normalized spacial score (nSPS) is 12.3. The predicted octanol–water partition coefficient (Wildman–Crippen LogP) is 3.23. The SMILES string of the molecule is CCc1cccc2c(C)c(C(C)(C)N)[nH]c12. The van der Waals surface area contributed by atoms with Crippen LogP contribution in [-0.4, -0.2) is 4.98 Å². The zero-order valence-electron chi connectivity index (χ0n) is 10.5. The number of rotatable bonds is 2. The molecule has 2 aromatic rings. The molecule has 1 aromatic heterocycles. The summed E-state index contributed by atoms with van der Waals surface area (Å²) < 4.78 is 0. The van der Waals surface area contributed by atoms with Crippen LogP contribution in [0.25, 0.3) is 10.9 Å². The second-order valence-electron chi connectivity index (χ2n) is 5.04. The van der Waals surface area contributed by atoms with Gasteiger partial charge in [0.2, 0.25) is 0 Å². The van der Waals surface area contributed by atoms with Gasteiger partial charge in [0, 0.05) is 16.6 Å². The number of hydrogen-bond donors (Lipinski definition) is 2. The topological polar surface area (TPSA) is 41.8 Å². The highest BCUT2D eigenvalue weighted by Crippen LogP contribution is 2.29. The average Bonchev–Trinajstić information content (AvgIpc) is 2.56. The first-order valence-electron chi connectivity index (χ1n) is 5.84. The van der Waals surface area contributed by atoms with Crippen molar-refractivity contribution in [2.45, 2.75) is 39.7 Å². The number of H-pyrrole nitrogens is 1. The molecule has 0 saturated heterocycles. The first kappa shape index (κ1) is 11.2. The highest BCUT2D eigenvalue weighted by Gasteiger charge is 2.21. The van der Waals surface area contributed by atoms with Crippen LogP contribution in [0, 0.1) is 6.92 Å². The van der Waals surface area contributed by atoms with Gasteiger partial charge in [0.1, 0.15) is 0 Å². The Morgan fingerprint density at radius 1 is 1.31 bits per heavy atom. The number of para-hydroxylation sites is 1. The van der Waals surface area contributed by atoms with Gasteiger partial charge in [0.25, 0.3) is 0 Å². The Morgan fingerprint density at radius 2 is 2.00 bits per heavy atom. The quantitative estimate of drug-likeness (QED) is 0.795. The fourth-order valence-electron chi connectivity index (χ4n) is 2.35. The van der Waals surface area contributed by atoms with Gasteiger partial charge < -0.3 is 10.7 Å². The van der Waals surface area contributed by atoms with E-state index in [0.29, 0.717) is 0 Å². The number of nitrogens with one attached hydrogen (secondary N) is 1. The summed E-state index contributed by atoms with van der Waals surface area (Å²) in [5, 5.41) is 1.30. The van der Waals surface area contributed by atoms with Gasteiger partial charge in [0.05, 0.1) is 5.54 Å². The van der Waals surface area contributed by atoms with Crippen LogP contribution in [0.2, 0.25) is 0 Å². The molecule has 0 radical (unpaired) electrons. The Labute approximate surface area is 96.9 Å². The van der Waals surface area contributed by atoms with Gasteiger partial charge >= 0.3 is 0 Å². The molecule has 0 bridgehead atoms. The van der Waals surface area contributed by atoms with Crippen LogP contribution < -0.4 is 5.73 Å². The molecule has 0 aliphatic heterocycles. The number of aromatic amines is 1. The summed E-state index contributed by atoms with van der Waals surface area (Å²) in [6, 6.07) is 6.45. The molecule has 0 amide bonds. The van der Waals surface area contributed by atoms with E-state index >= 15 is 0 Å². The Bertz CT molecular complexity index is 515. The molecule has 0 spiro atoms. The molecule has 1 aromatic carbocycles. The maximum atomic E-state index is 6.18. The molecule has 1 heterocycles. The molecule has 0 atom stereocenters. The highest BCUT2D eigenvalue weighted by atomic mass is 14.8. The third-order valence-corrected chi connectivity index (χ3v) is 3.20. The Balaban J connectivity index is 2.77. The number of nitrogens with two attached hydrogens (primary N) is 1. The smallest absolute Gasteiger partial charge is 0.0507 e. The van der Waals surface area contributed by atoms with Crippen molar-refractivity contribution in [3.05, 3.63) is 35.0 Å². The van der Waals surface area contributed by atoms with Gasteiger partial charge in [-0.2, -0.15) is 0 Å². The summed E-state index contributed by atoms with van der Waals surface area (Å²) in [4.78, 5) is 3.50. The molecule has 0 aliphatic rings. The fourth-order valence-corrected chi connectivity index (χ4v) is 2.35. The maximum absolute atomic E-state index is 6.18. The molecule has 2 nitrogen and oxygen atoms in total. The Kier molecular flexibility index (Phi) is 2.55. The number of fused-ring (bicyclic) bond motifs is 1. The molecule has 2 rings (SSSR count). The number of hydrogen-bond acceptors (Lipinski definition) is 1. The molecule has 0 unspecified atom stereocenters. The molecule has 0 fully saturated rings. The highest BCUT2D eigenvalue weighted by molar-refractivity contribution is 5.87. The lowest BCUT2D eigenvalue weighted by atomic mass is 9.98. The van der Waals surface area contributed by atoms with Crippen LogP contribution in [0.1, 0.15) is 37.6 Å². The third-order valence-electron chi connectivity index (χ3n) is 3.20. The first-order chi connectivity index (χ1) is 7.45. The van der Waals surface area contributed by atoms with Crippen molar-refractivity contribution >= 4 is 10.9 Å². The summed E-state index contributed by atoms with van der Waals surface area (Å²) >= 11 is 0. The van der Waals surface area contributed by atoms with Crippen molar-refractivity contribution < 1.29 is 0 Å². The van der Waals surface area contributed by atoms with Crippen molar-refractivity contribution in [3.8, 4) is 0 Å². The molecule has 0 saturated carbocycles. The van der Waals surface area contributed by atoms with E-state index in [1.54, 1.807) is 0 Å². The number of aromatic nitrogens is 1. The van der Waals surface area contributed by atoms with E-state index in [2.05, 4.69) is 37.0 Å². The fraction of sp³-hybridized carbons (Fsp3) is 0.429. The summed E-state index contributed by atoms with van der Waals surface area (Å²) in [5.41, 5.74) is 10.9. The number of benzene rings is 1. The first-order valence-corrected chi connectivity index (χ1v) is 5.84. The molecule has 2 heteroatoms. The van der Waals surface area contributed by atoms with E-state index in [0.717, 1.165) is 12.1 Å². The predicted molar refractivity (Wildman–Crippen MR) is 69.6 cm³/mol. The Hall–Kier alpha value is -1.28. The van der Waals surface area contributed by atoms with Crippen LogP contribution in [-0.2, 0) is 12.0 Å². The third kappa shape index (κ3) is 1.63. The van der Waals surface area contributed by atoms with Crippen LogP contribution in [0.15, 0.2) is 18.2 Å². The van der Waals surface area contributed by atoms with E-state index in [1.807, 2.05) is 13.8 Å². The second-order valence-corrected chi connectivity index (χ2v) is 5.04. The molecule has 3 N–H and O–H groups in total. The van der Waals surface area contributed by atoms with E-state index in [-0.39, 0.29) is 5.54 Å². The van der Waals surface area contributed by atoms with Gasteiger partial charge in [-0.15, -0.1) is 0 Å². The van der Waals surface area contributed by atoms with Crippen molar-refractivity contribution in [2.24, 2.45) is 5.73 Å². The van der Waals surface area contributed by atoms with E-state index in [9.17, 15) is 0 Å². The molecule has 0 aliphatic carbocycles. The van der Waals surface area contributed by atoms with Crippen molar-refractivity contribution in [1.29, 1.82) is 0 Å². The zero-order valence-corrected chi connectivity index (χ0v) is 10.5. The molecule has 16 heavy (non-hydrogen) atoms. The largest absolute Gasteiger partial charge is 0.356 e.